The smallest absolute Gasteiger partial charge is 0.0178 e. The summed E-state index contributed by atoms with van der Waals surface area (Å²) < 4.78 is 1.20. The second-order valence-corrected chi connectivity index (χ2v) is 5.87. The molecule has 0 saturated heterocycles. The molecule has 2 heteroatoms. The summed E-state index contributed by atoms with van der Waals surface area (Å²) in [6, 6.07) is 8.70. The van der Waals surface area contributed by atoms with Gasteiger partial charge in [0.1, 0.15) is 0 Å². The molecule has 0 spiro atoms. The number of halogens is 2. The van der Waals surface area contributed by atoms with Gasteiger partial charge in [-0.1, -0.05) is 44.0 Å². The molecule has 0 bridgehead atoms. The molecule has 0 nitrogen and oxygen atoms in total. The minimum Gasteiger partial charge on any atom is -0.0890 e. The fourth-order valence-corrected chi connectivity index (χ4v) is 3.12. The van der Waals surface area contributed by atoms with Gasteiger partial charge in [0.05, 0.1) is 0 Å². The summed E-state index contributed by atoms with van der Waals surface area (Å²) >= 11 is 7.20. The Morgan fingerprint density at radius 3 is 2.69 bits per heavy atom. The van der Waals surface area contributed by atoms with Crippen LogP contribution in [-0.4, -0.2) is 4.83 Å². The molecule has 2 unspecified atom stereocenters. The van der Waals surface area contributed by atoms with Crippen LogP contribution in [0.2, 0.25) is 0 Å². The molecule has 1 aromatic rings. The quantitative estimate of drug-likeness (QED) is 0.671. The second-order valence-electron chi connectivity index (χ2n) is 3.66. The van der Waals surface area contributed by atoms with Gasteiger partial charge < -0.3 is 0 Å². The van der Waals surface area contributed by atoms with Crippen LogP contribution >= 0.6 is 31.9 Å². The van der Waals surface area contributed by atoms with Crippen molar-refractivity contribution in [2.45, 2.75) is 30.0 Å². The van der Waals surface area contributed by atoms with Gasteiger partial charge >= 0.3 is 0 Å². The van der Waals surface area contributed by atoms with Crippen molar-refractivity contribution in [3.8, 4) is 0 Å². The standard InChI is InChI=1S/C11H12Br2/c12-10-3-1-2-8(6-10)9-4-5-11(13)7-9/h1-3,6,9,11H,4-5,7H2. The van der Waals surface area contributed by atoms with E-state index in [9.17, 15) is 0 Å². The number of benzene rings is 1. The van der Waals surface area contributed by atoms with Crippen LogP contribution < -0.4 is 0 Å². The average Bonchev–Trinajstić information content (AvgIpc) is 2.52. The molecule has 0 heterocycles. The molecule has 1 aliphatic carbocycles. The van der Waals surface area contributed by atoms with Gasteiger partial charge in [0.25, 0.3) is 0 Å². The molecule has 2 rings (SSSR count). The fourth-order valence-electron chi connectivity index (χ4n) is 1.99. The fraction of sp³-hybridized carbons (Fsp3) is 0.455. The molecule has 0 radical (unpaired) electrons. The lowest BCUT2D eigenvalue weighted by Crippen LogP contribution is -1.93. The van der Waals surface area contributed by atoms with Crippen LogP contribution in [-0.2, 0) is 0 Å². The Labute approximate surface area is 96.0 Å². The Morgan fingerprint density at radius 1 is 1.23 bits per heavy atom. The highest BCUT2D eigenvalue weighted by Crippen LogP contribution is 2.38. The van der Waals surface area contributed by atoms with Gasteiger partial charge in [-0.3, -0.25) is 0 Å². The van der Waals surface area contributed by atoms with Gasteiger partial charge in [-0.2, -0.15) is 0 Å². The van der Waals surface area contributed by atoms with Crippen LogP contribution in [0.25, 0.3) is 0 Å². The van der Waals surface area contributed by atoms with Gasteiger partial charge in [0.2, 0.25) is 0 Å². The van der Waals surface area contributed by atoms with Gasteiger partial charge in [-0.05, 0) is 42.9 Å². The third-order valence-electron chi connectivity index (χ3n) is 2.69. The first-order chi connectivity index (χ1) is 6.25. The van der Waals surface area contributed by atoms with Crippen molar-refractivity contribution in [1.82, 2.24) is 0 Å². The van der Waals surface area contributed by atoms with E-state index in [4.69, 9.17) is 0 Å². The maximum Gasteiger partial charge on any atom is 0.0178 e. The van der Waals surface area contributed by atoms with E-state index in [1.807, 2.05) is 0 Å². The predicted molar refractivity (Wildman–Crippen MR) is 63.4 cm³/mol. The third kappa shape index (κ3) is 2.35. The van der Waals surface area contributed by atoms with E-state index >= 15 is 0 Å². The Hall–Kier alpha value is 0.180. The lowest BCUT2D eigenvalue weighted by Gasteiger charge is -2.09. The van der Waals surface area contributed by atoms with Gasteiger partial charge in [0.15, 0.2) is 0 Å². The highest BCUT2D eigenvalue weighted by molar-refractivity contribution is 9.10. The first-order valence-corrected chi connectivity index (χ1v) is 6.36. The molecule has 0 aromatic heterocycles. The van der Waals surface area contributed by atoms with Crippen molar-refractivity contribution in [3.05, 3.63) is 34.3 Å². The summed E-state index contributed by atoms with van der Waals surface area (Å²) in [6.45, 7) is 0. The van der Waals surface area contributed by atoms with Crippen molar-refractivity contribution < 1.29 is 0 Å². The van der Waals surface area contributed by atoms with Gasteiger partial charge in [-0.25, -0.2) is 0 Å². The predicted octanol–water partition coefficient (Wildman–Crippen LogP) is 4.48. The number of hydrogen-bond donors (Lipinski definition) is 0. The summed E-state index contributed by atoms with van der Waals surface area (Å²) in [6.07, 6.45) is 3.93. The minimum absolute atomic E-state index is 0.733. The zero-order valence-electron chi connectivity index (χ0n) is 7.34. The Bertz CT molecular complexity index is 296. The molecule has 13 heavy (non-hydrogen) atoms. The molecule has 0 amide bonds. The van der Waals surface area contributed by atoms with E-state index in [1.165, 1.54) is 29.3 Å². The molecular formula is C11H12Br2. The van der Waals surface area contributed by atoms with E-state index < -0.39 is 0 Å². The third-order valence-corrected chi connectivity index (χ3v) is 4.01. The lowest BCUT2D eigenvalue weighted by atomic mass is 9.98. The monoisotopic (exact) mass is 302 g/mol. The van der Waals surface area contributed by atoms with Crippen LogP contribution in [0.1, 0.15) is 30.7 Å². The largest absolute Gasteiger partial charge is 0.0890 e. The van der Waals surface area contributed by atoms with Crippen LogP contribution in [0.4, 0.5) is 0 Å². The van der Waals surface area contributed by atoms with Crippen LogP contribution in [0.15, 0.2) is 28.7 Å². The van der Waals surface area contributed by atoms with Crippen molar-refractivity contribution in [2.75, 3.05) is 0 Å². The molecule has 1 saturated carbocycles. The summed E-state index contributed by atoms with van der Waals surface area (Å²) in [5.41, 5.74) is 1.48. The molecular weight excluding hydrogens is 292 g/mol. The molecule has 0 aliphatic heterocycles. The second kappa shape index (κ2) is 4.14. The van der Waals surface area contributed by atoms with Gasteiger partial charge in [0, 0.05) is 9.30 Å². The summed E-state index contributed by atoms with van der Waals surface area (Å²) in [5, 5.41) is 0. The molecule has 1 fully saturated rings. The van der Waals surface area contributed by atoms with Crippen molar-refractivity contribution in [2.24, 2.45) is 0 Å². The highest BCUT2D eigenvalue weighted by Gasteiger charge is 2.23. The number of rotatable bonds is 1. The van der Waals surface area contributed by atoms with Crippen molar-refractivity contribution in [1.29, 1.82) is 0 Å². The van der Waals surface area contributed by atoms with Crippen molar-refractivity contribution >= 4 is 31.9 Å². The number of hydrogen-bond acceptors (Lipinski definition) is 0. The molecule has 0 N–H and O–H groups in total. The zero-order valence-corrected chi connectivity index (χ0v) is 10.5. The van der Waals surface area contributed by atoms with E-state index in [2.05, 4.69) is 56.1 Å². The maximum atomic E-state index is 3.68. The van der Waals surface area contributed by atoms with E-state index in [0.29, 0.717) is 0 Å². The maximum absolute atomic E-state index is 3.68. The zero-order chi connectivity index (χ0) is 9.26. The Morgan fingerprint density at radius 2 is 2.08 bits per heavy atom. The molecule has 70 valence electrons. The Balaban J connectivity index is 2.16. The molecule has 2 atom stereocenters. The van der Waals surface area contributed by atoms with Crippen LogP contribution in [0.3, 0.4) is 0 Å². The summed E-state index contributed by atoms with van der Waals surface area (Å²) in [5.74, 6) is 0.766. The first kappa shape index (κ1) is 9.72. The average molecular weight is 304 g/mol. The van der Waals surface area contributed by atoms with E-state index in [-0.39, 0.29) is 0 Å². The van der Waals surface area contributed by atoms with E-state index in [1.54, 1.807) is 0 Å². The van der Waals surface area contributed by atoms with Crippen LogP contribution in [0, 0.1) is 0 Å². The SMILES string of the molecule is Brc1cccc(C2CCC(Br)C2)c1. The summed E-state index contributed by atoms with van der Waals surface area (Å²) in [4.78, 5) is 0.733. The molecule has 1 aromatic carbocycles. The van der Waals surface area contributed by atoms with Crippen LogP contribution in [0.5, 0.6) is 0 Å². The Kier molecular flexibility index (Phi) is 3.10. The highest BCUT2D eigenvalue weighted by atomic mass is 79.9. The number of alkyl halides is 1. The molecule has 1 aliphatic rings. The topological polar surface area (TPSA) is 0 Å². The van der Waals surface area contributed by atoms with Crippen molar-refractivity contribution in [3.63, 3.8) is 0 Å². The van der Waals surface area contributed by atoms with Gasteiger partial charge in [-0.15, -0.1) is 0 Å². The lowest BCUT2D eigenvalue weighted by molar-refractivity contribution is 0.725. The minimum atomic E-state index is 0.733. The first-order valence-electron chi connectivity index (χ1n) is 4.65. The van der Waals surface area contributed by atoms with E-state index in [0.717, 1.165) is 10.7 Å². The normalized spacial score (nSPS) is 27.8. The summed E-state index contributed by atoms with van der Waals surface area (Å²) in [7, 11) is 0.